The van der Waals surface area contributed by atoms with Crippen molar-refractivity contribution in [3.05, 3.63) is 35.9 Å². The molecule has 1 aromatic carbocycles. The van der Waals surface area contributed by atoms with Crippen molar-refractivity contribution in [1.29, 1.82) is 0 Å². The number of Topliss-reactive ketones (excluding diaryl/α,β-unsaturated/α-hetero) is 1. The van der Waals surface area contributed by atoms with Crippen LogP contribution in [0.15, 0.2) is 30.3 Å². The zero-order valence-electron chi connectivity index (χ0n) is 9.60. The van der Waals surface area contributed by atoms with E-state index in [2.05, 4.69) is 12.1 Å². The first-order valence-electron chi connectivity index (χ1n) is 6.00. The molecule has 2 rings (SSSR count). The van der Waals surface area contributed by atoms with E-state index in [1.165, 1.54) is 5.56 Å². The van der Waals surface area contributed by atoms with Crippen LogP contribution in [0, 0.1) is 5.92 Å². The quantitative estimate of drug-likeness (QED) is 0.824. The summed E-state index contributed by atoms with van der Waals surface area (Å²) in [5.74, 6) is 0.444. The number of hydrogen-bond donors (Lipinski definition) is 1. The van der Waals surface area contributed by atoms with Crippen LogP contribution in [0.25, 0.3) is 0 Å². The average Bonchev–Trinajstić information content (AvgIpc) is 3.09. The first kappa shape index (κ1) is 11.3. The van der Waals surface area contributed by atoms with Crippen molar-refractivity contribution in [2.75, 3.05) is 0 Å². The van der Waals surface area contributed by atoms with Crippen molar-refractivity contribution >= 4 is 5.78 Å². The molecule has 0 heterocycles. The van der Waals surface area contributed by atoms with E-state index < -0.39 is 6.10 Å². The molecule has 1 aromatic rings. The summed E-state index contributed by atoms with van der Waals surface area (Å²) in [5.41, 5.74) is 1.23. The second kappa shape index (κ2) is 4.79. The van der Waals surface area contributed by atoms with E-state index in [0.717, 1.165) is 12.8 Å². The van der Waals surface area contributed by atoms with Crippen LogP contribution in [0.1, 0.15) is 37.7 Å². The van der Waals surface area contributed by atoms with E-state index in [9.17, 15) is 9.90 Å². The lowest BCUT2D eigenvalue weighted by Gasteiger charge is -2.07. The van der Waals surface area contributed by atoms with Gasteiger partial charge in [-0.25, -0.2) is 0 Å². The van der Waals surface area contributed by atoms with Crippen molar-refractivity contribution in [1.82, 2.24) is 0 Å². The molecule has 0 bridgehead atoms. The molecule has 2 heteroatoms. The third-order valence-electron chi connectivity index (χ3n) is 3.27. The van der Waals surface area contributed by atoms with Crippen LogP contribution < -0.4 is 0 Å². The van der Waals surface area contributed by atoms with E-state index in [4.69, 9.17) is 0 Å². The lowest BCUT2D eigenvalue weighted by atomic mass is 10.0. The number of aliphatic hydroxyl groups is 1. The van der Waals surface area contributed by atoms with Crippen molar-refractivity contribution in [3.8, 4) is 0 Å². The number of hydrogen-bond acceptors (Lipinski definition) is 2. The molecular formula is C14H18O2. The van der Waals surface area contributed by atoms with Gasteiger partial charge in [0, 0.05) is 5.92 Å². The van der Waals surface area contributed by atoms with Crippen molar-refractivity contribution in [3.63, 3.8) is 0 Å². The summed E-state index contributed by atoms with van der Waals surface area (Å²) in [5, 5.41) is 9.64. The second-order valence-corrected chi connectivity index (χ2v) is 4.57. The van der Waals surface area contributed by atoms with Crippen LogP contribution in [-0.2, 0) is 4.79 Å². The van der Waals surface area contributed by atoms with Gasteiger partial charge in [-0.15, -0.1) is 0 Å². The highest BCUT2D eigenvalue weighted by molar-refractivity contribution is 5.88. The van der Waals surface area contributed by atoms with Crippen molar-refractivity contribution < 1.29 is 9.90 Å². The first-order chi connectivity index (χ1) is 7.74. The molecule has 0 aromatic heterocycles. The minimum absolute atomic E-state index is 0.0377. The molecule has 1 saturated carbocycles. The Morgan fingerprint density at radius 2 is 2.12 bits per heavy atom. The molecule has 1 aliphatic carbocycles. The largest absolute Gasteiger partial charge is 0.385 e. The molecule has 3 unspecified atom stereocenters. The molecule has 16 heavy (non-hydrogen) atoms. The molecule has 0 aliphatic heterocycles. The molecule has 0 amide bonds. The highest BCUT2D eigenvalue weighted by Gasteiger charge is 2.45. The molecule has 86 valence electrons. The van der Waals surface area contributed by atoms with Crippen molar-refractivity contribution in [2.45, 2.75) is 38.2 Å². The Morgan fingerprint density at radius 1 is 1.44 bits per heavy atom. The fourth-order valence-corrected chi connectivity index (χ4v) is 2.24. The molecule has 3 atom stereocenters. The van der Waals surface area contributed by atoms with Crippen LogP contribution in [-0.4, -0.2) is 17.0 Å². The van der Waals surface area contributed by atoms with Gasteiger partial charge in [0.2, 0.25) is 0 Å². The maximum absolute atomic E-state index is 11.8. The smallest absolute Gasteiger partial charge is 0.164 e. The Morgan fingerprint density at radius 3 is 2.75 bits per heavy atom. The van der Waals surface area contributed by atoms with Crippen LogP contribution in [0.3, 0.4) is 0 Å². The van der Waals surface area contributed by atoms with Gasteiger partial charge in [-0.1, -0.05) is 43.7 Å². The van der Waals surface area contributed by atoms with E-state index in [-0.39, 0.29) is 11.7 Å². The van der Waals surface area contributed by atoms with E-state index in [1.807, 2.05) is 25.1 Å². The number of rotatable bonds is 5. The summed E-state index contributed by atoms with van der Waals surface area (Å²) in [4.78, 5) is 11.8. The minimum Gasteiger partial charge on any atom is -0.385 e. The van der Waals surface area contributed by atoms with E-state index in [1.54, 1.807) is 0 Å². The number of ketones is 1. The maximum atomic E-state index is 11.8. The lowest BCUT2D eigenvalue weighted by Crippen LogP contribution is -2.22. The molecule has 0 spiro atoms. The second-order valence-electron chi connectivity index (χ2n) is 4.57. The SMILES string of the molecule is CCCC(O)C(=O)C1CC1c1ccccc1. The molecule has 1 aliphatic rings. The Labute approximate surface area is 96.3 Å². The van der Waals surface area contributed by atoms with Gasteiger partial charge < -0.3 is 5.11 Å². The normalized spacial score (nSPS) is 25.1. The highest BCUT2D eigenvalue weighted by atomic mass is 16.3. The topological polar surface area (TPSA) is 37.3 Å². The Bertz CT molecular complexity index is 358. The molecular weight excluding hydrogens is 200 g/mol. The zero-order valence-corrected chi connectivity index (χ0v) is 9.60. The van der Waals surface area contributed by atoms with Crippen LogP contribution in [0.2, 0.25) is 0 Å². The van der Waals surface area contributed by atoms with Crippen LogP contribution in [0.4, 0.5) is 0 Å². The van der Waals surface area contributed by atoms with Gasteiger partial charge >= 0.3 is 0 Å². The van der Waals surface area contributed by atoms with Gasteiger partial charge in [-0.05, 0) is 24.3 Å². The standard InChI is InChI=1S/C14H18O2/c1-2-6-13(15)14(16)12-9-11(12)10-7-4-3-5-8-10/h3-5,7-8,11-13,15H,2,6,9H2,1H3. The molecule has 0 saturated heterocycles. The summed E-state index contributed by atoms with van der Waals surface area (Å²) < 4.78 is 0. The summed E-state index contributed by atoms with van der Waals surface area (Å²) in [6.07, 6.45) is 1.61. The predicted octanol–water partition coefficient (Wildman–Crippen LogP) is 2.52. The number of carbonyl (C=O) groups excluding carboxylic acids is 1. The molecule has 1 N–H and O–H groups in total. The molecule has 1 fully saturated rings. The summed E-state index contributed by atoms with van der Waals surface area (Å²) >= 11 is 0. The Hall–Kier alpha value is -1.15. The van der Waals surface area contributed by atoms with Crippen molar-refractivity contribution in [2.24, 2.45) is 5.92 Å². The van der Waals surface area contributed by atoms with Crippen LogP contribution in [0.5, 0.6) is 0 Å². The van der Waals surface area contributed by atoms with Gasteiger partial charge in [0.15, 0.2) is 5.78 Å². The van der Waals surface area contributed by atoms with E-state index >= 15 is 0 Å². The lowest BCUT2D eigenvalue weighted by molar-refractivity contribution is -0.128. The highest BCUT2D eigenvalue weighted by Crippen LogP contribution is 2.48. The Kier molecular flexibility index (Phi) is 3.39. The van der Waals surface area contributed by atoms with Gasteiger partial charge in [0.05, 0.1) is 0 Å². The fourth-order valence-electron chi connectivity index (χ4n) is 2.24. The predicted molar refractivity (Wildman–Crippen MR) is 63.2 cm³/mol. The Balaban J connectivity index is 1.94. The number of benzene rings is 1. The monoisotopic (exact) mass is 218 g/mol. The third kappa shape index (κ3) is 2.33. The van der Waals surface area contributed by atoms with Gasteiger partial charge in [0.1, 0.15) is 6.10 Å². The molecule has 0 radical (unpaired) electrons. The summed E-state index contributed by atoms with van der Waals surface area (Å²) in [6, 6.07) is 10.1. The maximum Gasteiger partial charge on any atom is 0.164 e. The van der Waals surface area contributed by atoms with Gasteiger partial charge in [-0.3, -0.25) is 4.79 Å². The molecule has 2 nitrogen and oxygen atoms in total. The fraction of sp³-hybridized carbons (Fsp3) is 0.500. The third-order valence-corrected chi connectivity index (χ3v) is 3.27. The van der Waals surface area contributed by atoms with Gasteiger partial charge in [0.25, 0.3) is 0 Å². The first-order valence-corrected chi connectivity index (χ1v) is 6.00. The summed E-state index contributed by atoms with van der Waals surface area (Å²) in [6.45, 7) is 1.98. The average molecular weight is 218 g/mol. The minimum atomic E-state index is -0.747. The van der Waals surface area contributed by atoms with Crippen LogP contribution >= 0.6 is 0 Å². The summed E-state index contributed by atoms with van der Waals surface area (Å²) in [7, 11) is 0. The number of aliphatic hydroxyl groups excluding tert-OH is 1. The zero-order chi connectivity index (χ0) is 11.5. The van der Waals surface area contributed by atoms with E-state index in [0.29, 0.717) is 12.3 Å². The van der Waals surface area contributed by atoms with Gasteiger partial charge in [-0.2, -0.15) is 0 Å². The number of carbonyl (C=O) groups is 1.